The Morgan fingerprint density at radius 2 is 2.31 bits per heavy atom. The van der Waals surface area contributed by atoms with Crippen LogP contribution in [0.25, 0.3) is 0 Å². The van der Waals surface area contributed by atoms with Crippen LogP contribution in [0.2, 0.25) is 0 Å². The monoisotopic (exact) mass is 261 g/mol. The fourth-order valence-electron chi connectivity index (χ4n) is 2.16. The van der Waals surface area contributed by atoms with Crippen LogP contribution in [0.15, 0.2) is 0 Å². The minimum absolute atomic E-state index is 0.252. The summed E-state index contributed by atoms with van der Waals surface area (Å²) >= 11 is 6.12. The first-order valence-electron chi connectivity index (χ1n) is 4.83. The Morgan fingerprint density at radius 3 is 2.75 bits per heavy atom. The molecule has 2 rings (SSSR count). The number of β-lactam (4-membered cyclic amide) rings is 1. The highest BCUT2D eigenvalue weighted by Crippen LogP contribution is 2.48. The summed E-state index contributed by atoms with van der Waals surface area (Å²) in [7, 11) is 0. The predicted molar refractivity (Wildman–Crippen MR) is 62.3 cm³/mol. The molecule has 5 atom stereocenters. The molecule has 0 saturated carbocycles. The summed E-state index contributed by atoms with van der Waals surface area (Å²) < 4.78 is 0. The van der Waals surface area contributed by atoms with Crippen molar-refractivity contribution in [1.82, 2.24) is 4.90 Å². The van der Waals surface area contributed by atoms with Crippen LogP contribution in [0.1, 0.15) is 6.92 Å². The molecule has 2 N–H and O–H groups in total. The Morgan fingerprint density at radius 1 is 1.69 bits per heavy atom. The molecule has 7 heteroatoms. The number of carboxylic acids is 1. The van der Waals surface area contributed by atoms with Crippen LogP contribution in [0.5, 0.6) is 0 Å². The van der Waals surface area contributed by atoms with E-state index in [1.165, 1.54) is 22.0 Å². The number of hydrogen-bond donors (Lipinski definition) is 2. The van der Waals surface area contributed by atoms with Crippen molar-refractivity contribution in [3.05, 3.63) is 0 Å². The first-order chi connectivity index (χ1) is 7.49. The largest absolute Gasteiger partial charge is 0.480 e. The SMILES string of the molecule is CC(O)[C@@H]1C(=O)N2[C@@H]1S[C@@H](C=S)[C@H]2C(=O)O. The molecule has 2 fully saturated rings. The Bertz CT molecular complexity index is 359. The molecule has 2 aliphatic rings. The van der Waals surface area contributed by atoms with Crippen LogP contribution < -0.4 is 0 Å². The quantitative estimate of drug-likeness (QED) is 0.537. The van der Waals surface area contributed by atoms with Gasteiger partial charge in [-0.3, -0.25) is 4.79 Å². The zero-order chi connectivity index (χ0) is 12.0. The normalized spacial score (nSPS) is 38.9. The molecule has 16 heavy (non-hydrogen) atoms. The molecule has 0 aromatic rings. The molecule has 5 nitrogen and oxygen atoms in total. The van der Waals surface area contributed by atoms with E-state index in [2.05, 4.69) is 0 Å². The number of rotatable bonds is 3. The van der Waals surface area contributed by atoms with Crippen molar-refractivity contribution >= 4 is 41.2 Å². The third kappa shape index (κ3) is 1.46. The number of carbonyl (C=O) groups is 2. The molecular formula is C9H11NO4S2. The van der Waals surface area contributed by atoms with E-state index in [0.717, 1.165) is 0 Å². The van der Waals surface area contributed by atoms with Gasteiger partial charge in [-0.15, -0.1) is 11.8 Å². The second kappa shape index (κ2) is 3.97. The molecular weight excluding hydrogens is 250 g/mol. The van der Waals surface area contributed by atoms with Crippen molar-refractivity contribution in [1.29, 1.82) is 0 Å². The van der Waals surface area contributed by atoms with Crippen molar-refractivity contribution in [3.63, 3.8) is 0 Å². The Labute approximate surface area is 102 Å². The first kappa shape index (κ1) is 11.8. The van der Waals surface area contributed by atoms with Crippen LogP contribution in [-0.2, 0) is 9.59 Å². The molecule has 88 valence electrons. The molecule has 2 aliphatic heterocycles. The van der Waals surface area contributed by atoms with Gasteiger partial charge < -0.3 is 15.1 Å². The van der Waals surface area contributed by atoms with Gasteiger partial charge in [-0.25, -0.2) is 4.79 Å². The van der Waals surface area contributed by atoms with E-state index in [1.807, 2.05) is 0 Å². The third-order valence-corrected chi connectivity index (χ3v) is 4.91. The van der Waals surface area contributed by atoms with E-state index < -0.39 is 24.0 Å². The molecule has 2 saturated heterocycles. The van der Waals surface area contributed by atoms with Gasteiger partial charge in [0.2, 0.25) is 5.91 Å². The topological polar surface area (TPSA) is 77.8 Å². The number of fused-ring (bicyclic) bond motifs is 1. The summed E-state index contributed by atoms with van der Waals surface area (Å²) in [6.07, 6.45) is -0.750. The fourth-order valence-corrected chi connectivity index (χ4v) is 4.16. The molecule has 0 radical (unpaired) electrons. The van der Waals surface area contributed by atoms with Crippen molar-refractivity contribution in [3.8, 4) is 0 Å². The van der Waals surface area contributed by atoms with Crippen LogP contribution in [0.3, 0.4) is 0 Å². The van der Waals surface area contributed by atoms with Gasteiger partial charge in [0.05, 0.1) is 22.6 Å². The number of aliphatic hydroxyl groups excluding tert-OH is 1. The van der Waals surface area contributed by atoms with Crippen LogP contribution >= 0.6 is 24.0 Å². The van der Waals surface area contributed by atoms with E-state index in [0.29, 0.717) is 0 Å². The fraction of sp³-hybridized carbons (Fsp3) is 0.667. The highest BCUT2D eigenvalue weighted by molar-refractivity contribution is 8.02. The predicted octanol–water partition coefficient (Wildman–Crippen LogP) is -0.280. The molecule has 1 amide bonds. The first-order valence-corrected chi connectivity index (χ1v) is 6.24. The van der Waals surface area contributed by atoms with Crippen molar-refractivity contribution < 1.29 is 19.8 Å². The summed E-state index contributed by atoms with van der Waals surface area (Å²) in [6, 6.07) is -0.880. The third-order valence-electron chi connectivity index (χ3n) is 2.94. The van der Waals surface area contributed by atoms with Crippen LogP contribution in [0, 0.1) is 5.92 Å². The van der Waals surface area contributed by atoms with Gasteiger partial charge in [-0.05, 0) is 12.3 Å². The van der Waals surface area contributed by atoms with Crippen molar-refractivity contribution in [2.24, 2.45) is 5.92 Å². The number of thioether (sulfide) groups is 1. The minimum atomic E-state index is -1.04. The Balaban J connectivity index is 2.24. The maximum atomic E-state index is 11.7. The van der Waals surface area contributed by atoms with E-state index in [4.69, 9.17) is 17.3 Å². The number of aliphatic hydroxyl groups is 1. The van der Waals surface area contributed by atoms with Gasteiger partial charge in [-0.1, -0.05) is 12.2 Å². The van der Waals surface area contributed by atoms with Gasteiger partial charge in [0.25, 0.3) is 0 Å². The number of hydrogen-bond acceptors (Lipinski definition) is 5. The number of aliphatic carboxylic acids is 1. The highest BCUT2D eigenvalue weighted by Gasteiger charge is 2.61. The number of nitrogens with zero attached hydrogens (tertiary/aromatic N) is 1. The Kier molecular flexibility index (Phi) is 2.93. The highest BCUT2D eigenvalue weighted by atomic mass is 32.2. The lowest BCUT2D eigenvalue weighted by atomic mass is 9.91. The van der Waals surface area contributed by atoms with Gasteiger partial charge in [0.1, 0.15) is 6.04 Å². The molecule has 0 spiro atoms. The lowest BCUT2D eigenvalue weighted by Crippen LogP contribution is -2.64. The summed E-state index contributed by atoms with van der Waals surface area (Å²) in [4.78, 5) is 24.1. The van der Waals surface area contributed by atoms with E-state index in [-0.39, 0.29) is 16.5 Å². The summed E-state index contributed by atoms with van der Waals surface area (Å²) in [5.74, 6) is -1.83. The lowest BCUT2D eigenvalue weighted by Gasteiger charge is -2.44. The summed E-state index contributed by atoms with van der Waals surface area (Å²) in [6.45, 7) is 1.54. The van der Waals surface area contributed by atoms with E-state index in [1.54, 1.807) is 6.92 Å². The van der Waals surface area contributed by atoms with Crippen LogP contribution in [-0.4, -0.2) is 55.1 Å². The Hall–Kier alpha value is -0.660. The van der Waals surface area contributed by atoms with E-state index >= 15 is 0 Å². The second-order valence-corrected chi connectivity index (χ2v) is 5.49. The molecule has 2 heterocycles. The lowest BCUT2D eigenvalue weighted by molar-refractivity contribution is -0.166. The molecule has 0 aromatic carbocycles. The number of thiocarbonyl (C=S) groups is 1. The molecule has 0 bridgehead atoms. The summed E-state index contributed by atoms with van der Waals surface area (Å²) in [5, 5.41) is 19.2. The van der Waals surface area contributed by atoms with Gasteiger partial charge in [0.15, 0.2) is 0 Å². The molecule has 1 unspecified atom stereocenters. The van der Waals surface area contributed by atoms with Crippen LogP contribution in [0.4, 0.5) is 0 Å². The minimum Gasteiger partial charge on any atom is -0.480 e. The number of carboxylic acid groups (broad SMARTS) is 1. The van der Waals surface area contributed by atoms with Gasteiger partial charge >= 0.3 is 5.97 Å². The standard InChI is InChI=1S/C9H11NO4S2/c1-3(11)5-7(12)10-6(9(13)14)4(2-15)16-8(5)10/h2-6,8,11H,1H3,(H,13,14)/t3?,4-,5+,6-,8+/m0/s1. The zero-order valence-corrected chi connectivity index (χ0v) is 10.1. The molecule has 0 aliphatic carbocycles. The van der Waals surface area contributed by atoms with Crippen molar-refractivity contribution in [2.45, 2.75) is 29.7 Å². The van der Waals surface area contributed by atoms with Crippen molar-refractivity contribution in [2.75, 3.05) is 0 Å². The number of carbonyl (C=O) groups excluding carboxylic acids is 1. The maximum absolute atomic E-state index is 11.7. The average molecular weight is 261 g/mol. The average Bonchev–Trinajstić information content (AvgIpc) is 2.51. The second-order valence-electron chi connectivity index (χ2n) is 3.92. The van der Waals surface area contributed by atoms with Gasteiger partial charge in [-0.2, -0.15) is 0 Å². The summed E-state index contributed by atoms with van der Waals surface area (Å²) in [5.41, 5.74) is 0. The molecule has 0 aromatic heterocycles. The number of amides is 1. The van der Waals surface area contributed by atoms with E-state index in [9.17, 15) is 14.7 Å². The maximum Gasteiger partial charge on any atom is 0.327 e. The smallest absolute Gasteiger partial charge is 0.327 e. The van der Waals surface area contributed by atoms with Gasteiger partial charge in [0, 0.05) is 0 Å². The zero-order valence-electron chi connectivity index (χ0n) is 8.44.